The van der Waals surface area contributed by atoms with Gasteiger partial charge in [-0.05, 0) is 29.7 Å². The fraction of sp³-hybridized carbons (Fsp3) is 0.429. The number of hydrogen-bond acceptors (Lipinski definition) is 4. The summed E-state index contributed by atoms with van der Waals surface area (Å²) in [5, 5.41) is 5.03. The highest BCUT2D eigenvalue weighted by molar-refractivity contribution is 6.31. The lowest BCUT2D eigenvalue weighted by atomic mass is 9.87. The van der Waals surface area contributed by atoms with Gasteiger partial charge in [0.05, 0.1) is 18.9 Å². The van der Waals surface area contributed by atoms with E-state index in [-0.39, 0.29) is 5.69 Å². The minimum atomic E-state index is -0.489. The minimum Gasteiger partial charge on any atom is -0.274 e. The Balaban J connectivity index is 1.64. The Morgan fingerprint density at radius 2 is 1.90 bits per heavy atom. The van der Waals surface area contributed by atoms with Gasteiger partial charge in [0.1, 0.15) is 5.82 Å². The van der Waals surface area contributed by atoms with E-state index in [0.29, 0.717) is 23.3 Å². The zero-order chi connectivity index (χ0) is 20.4. The van der Waals surface area contributed by atoms with Crippen LogP contribution in [0.5, 0.6) is 0 Å². The van der Waals surface area contributed by atoms with Crippen molar-refractivity contribution in [3.05, 3.63) is 63.3 Å². The third kappa shape index (κ3) is 4.40. The van der Waals surface area contributed by atoms with Crippen molar-refractivity contribution in [2.75, 3.05) is 0 Å². The lowest BCUT2D eigenvalue weighted by molar-refractivity contribution is 0.347. The first-order valence-electron chi connectivity index (χ1n) is 9.90. The third-order valence-corrected chi connectivity index (χ3v) is 5.90. The summed E-state index contributed by atoms with van der Waals surface area (Å²) >= 11 is 6.42. The van der Waals surface area contributed by atoms with Crippen LogP contribution in [0.3, 0.4) is 0 Å². The van der Waals surface area contributed by atoms with E-state index in [4.69, 9.17) is 11.6 Å². The molecule has 1 saturated carbocycles. The lowest BCUT2D eigenvalue weighted by Gasteiger charge is -2.21. The minimum absolute atomic E-state index is 0.157. The van der Waals surface area contributed by atoms with Crippen molar-refractivity contribution in [2.45, 2.75) is 45.1 Å². The Morgan fingerprint density at radius 1 is 1.17 bits per heavy atom. The summed E-state index contributed by atoms with van der Waals surface area (Å²) in [5.74, 6) is 1.28. The van der Waals surface area contributed by atoms with E-state index >= 15 is 0 Å². The second-order valence-electron chi connectivity index (χ2n) is 7.65. The Labute approximate surface area is 173 Å². The summed E-state index contributed by atoms with van der Waals surface area (Å²) in [6.45, 7) is 0.322. The SMILES string of the molecule is Cn1nc(CC2CCCCC2)n(Cc2cc(-c3ncc(F)cn3)ccc2Cl)c1=O. The maximum atomic E-state index is 13.1. The molecule has 1 fully saturated rings. The van der Waals surface area contributed by atoms with Crippen LogP contribution in [0.4, 0.5) is 4.39 Å². The molecule has 2 aromatic heterocycles. The molecular formula is C21H23ClFN5O. The predicted molar refractivity (Wildman–Crippen MR) is 109 cm³/mol. The first-order valence-corrected chi connectivity index (χ1v) is 10.3. The Hall–Kier alpha value is -2.54. The molecule has 1 aliphatic carbocycles. The molecule has 1 aliphatic rings. The zero-order valence-corrected chi connectivity index (χ0v) is 17.1. The molecule has 0 N–H and O–H groups in total. The molecule has 0 atom stereocenters. The molecule has 0 aliphatic heterocycles. The van der Waals surface area contributed by atoms with E-state index in [0.717, 1.165) is 35.8 Å². The third-order valence-electron chi connectivity index (χ3n) is 5.53. The lowest BCUT2D eigenvalue weighted by Crippen LogP contribution is -2.25. The van der Waals surface area contributed by atoms with E-state index in [1.165, 1.54) is 36.8 Å². The van der Waals surface area contributed by atoms with Crippen LogP contribution in [0.1, 0.15) is 43.5 Å². The summed E-state index contributed by atoms with van der Waals surface area (Å²) < 4.78 is 16.2. The van der Waals surface area contributed by atoms with Crippen LogP contribution in [0.15, 0.2) is 35.4 Å². The van der Waals surface area contributed by atoms with Crippen LogP contribution in [0, 0.1) is 11.7 Å². The molecule has 0 saturated heterocycles. The van der Waals surface area contributed by atoms with Gasteiger partial charge in [0.15, 0.2) is 11.6 Å². The molecule has 0 bridgehead atoms. The summed E-state index contributed by atoms with van der Waals surface area (Å²) in [6.07, 6.45) is 9.20. The van der Waals surface area contributed by atoms with Crippen molar-refractivity contribution in [1.29, 1.82) is 0 Å². The van der Waals surface area contributed by atoms with Crippen molar-refractivity contribution in [2.24, 2.45) is 13.0 Å². The molecule has 29 heavy (non-hydrogen) atoms. The molecule has 2 heterocycles. The monoisotopic (exact) mass is 415 g/mol. The van der Waals surface area contributed by atoms with Gasteiger partial charge in [0.2, 0.25) is 0 Å². The molecule has 4 rings (SSSR count). The molecule has 0 radical (unpaired) electrons. The summed E-state index contributed by atoms with van der Waals surface area (Å²) in [5.41, 5.74) is 1.34. The van der Waals surface area contributed by atoms with E-state index in [1.54, 1.807) is 23.7 Å². The van der Waals surface area contributed by atoms with E-state index < -0.39 is 5.82 Å². The van der Waals surface area contributed by atoms with Crippen molar-refractivity contribution in [1.82, 2.24) is 24.3 Å². The molecule has 0 spiro atoms. The van der Waals surface area contributed by atoms with Gasteiger partial charge in [0, 0.05) is 24.1 Å². The van der Waals surface area contributed by atoms with Crippen molar-refractivity contribution in [3.63, 3.8) is 0 Å². The van der Waals surface area contributed by atoms with Gasteiger partial charge in [-0.2, -0.15) is 5.10 Å². The quantitative estimate of drug-likeness (QED) is 0.631. The fourth-order valence-electron chi connectivity index (χ4n) is 3.98. The molecule has 6 nitrogen and oxygen atoms in total. The van der Waals surface area contributed by atoms with Gasteiger partial charge in [-0.25, -0.2) is 23.8 Å². The van der Waals surface area contributed by atoms with Gasteiger partial charge in [0.25, 0.3) is 0 Å². The molecule has 0 unspecified atom stereocenters. The molecule has 152 valence electrons. The van der Waals surface area contributed by atoms with Crippen molar-refractivity contribution < 1.29 is 4.39 Å². The van der Waals surface area contributed by atoms with Crippen LogP contribution in [-0.4, -0.2) is 24.3 Å². The molecule has 0 amide bonds. The van der Waals surface area contributed by atoms with Gasteiger partial charge in [-0.1, -0.05) is 43.7 Å². The molecule has 1 aromatic carbocycles. The topological polar surface area (TPSA) is 65.6 Å². The van der Waals surface area contributed by atoms with Gasteiger partial charge in [-0.3, -0.25) is 4.57 Å². The van der Waals surface area contributed by atoms with Crippen molar-refractivity contribution >= 4 is 11.6 Å². The van der Waals surface area contributed by atoms with Gasteiger partial charge >= 0.3 is 5.69 Å². The summed E-state index contributed by atoms with van der Waals surface area (Å²) in [6, 6.07) is 5.38. The zero-order valence-electron chi connectivity index (χ0n) is 16.3. The fourth-order valence-corrected chi connectivity index (χ4v) is 4.16. The highest BCUT2D eigenvalue weighted by atomic mass is 35.5. The maximum absolute atomic E-state index is 13.1. The Bertz CT molecular complexity index is 1050. The predicted octanol–water partition coefficient (Wildman–Crippen LogP) is 4.00. The standard InChI is InChI=1S/C21H23ClFN5O/c1-27-21(29)28(19(26-27)9-14-5-3-2-4-6-14)13-16-10-15(7-8-18(16)22)20-24-11-17(23)12-25-20/h7-8,10-12,14H,2-6,9,13H2,1H3. The van der Waals surface area contributed by atoms with Gasteiger partial charge in [-0.15, -0.1) is 0 Å². The summed E-state index contributed by atoms with van der Waals surface area (Å²) in [7, 11) is 1.67. The smallest absolute Gasteiger partial charge is 0.274 e. The first-order chi connectivity index (χ1) is 14.0. The summed E-state index contributed by atoms with van der Waals surface area (Å²) in [4.78, 5) is 20.8. The largest absolute Gasteiger partial charge is 0.345 e. The number of halogens is 2. The molecule has 3 aromatic rings. The second-order valence-corrected chi connectivity index (χ2v) is 8.05. The van der Waals surface area contributed by atoms with E-state index in [9.17, 15) is 9.18 Å². The molecule has 8 heteroatoms. The highest BCUT2D eigenvalue weighted by Gasteiger charge is 2.20. The highest BCUT2D eigenvalue weighted by Crippen LogP contribution is 2.27. The average molecular weight is 416 g/mol. The molecular weight excluding hydrogens is 393 g/mol. The number of hydrogen-bond donors (Lipinski definition) is 0. The van der Waals surface area contributed by atoms with E-state index in [1.807, 2.05) is 6.07 Å². The number of benzene rings is 1. The Kier molecular flexibility index (Phi) is 5.76. The van der Waals surface area contributed by atoms with Crippen molar-refractivity contribution in [3.8, 4) is 11.4 Å². The van der Waals surface area contributed by atoms with Crippen LogP contribution in [0.2, 0.25) is 5.02 Å². The van der Waals surface area contributed by atoms with E-state index in [2.05, 4.69) is 15.1 Å². The number of nitrogens with zero attached hydrogens (tertiary/aromatic N) is 5. The average Bonchev–Trinajstić information content (AvgIpc) is 2.98. The number of aryl methyl sites for hydroxylation is 1. The maximum Gasteiger partial charge on any atom is 0.345 e. The van der Waals surface area contributed by atoms with Gasteiger partial charge < -0.3 is 0 Å². The van der Waals surface area contributed by atoms with Crippen LogP contribution < -0.4 is 5.69 Å². The van der Waals surface area contributed by atoms with Crippen LogP contribution in [-0.2, 0) is 20.0 Å². The normalized spacial score (nSPS) is 15.0. The first kappa shape index (κ1) is 19.8. The second kappa shape index (κ2) is 8.45. The number of rotatable bonds is 5. The van der Waals surface area contributed by atoms with Crippen LogP contribution >= 0.6 is 11.6 Å². The number of aromatic nitrogens is 5. The Morgan fingerprint density at radius 3 is 2.62 bits per heavy atom. The van der Waals surface area contributed by atoms with Crippen LogP contribution in [0.25, 0.3) is 11.4 Å².